The molecule has 0 aromatic heterocycles. The summed E-state index contributed by atoms with van der Waals surface area (Å²) in [7, 11) is 0. The van der Waals surface area contributed by atoms with Crippen LogP contribution in [-0.2, 0) is 44.7 Å². The van der Waals surface area contributed by atoms with Gasteiger partial charge in [-0.15, -0.1) is 0 Å². The molecular formula is C40H57N3O9. The van der Waals surface area contributed by atoms with E-state index in [1.807, 2.05) is 12.1 Å². The van der Waals surface area contributed by atoms with Gasteiger partial charge in [0, 0.05) is 38.8 Å². The van der Waals surface area contributed by atoms with Crippen LogP contribution in [0.2, 0.25) is 0 Å². The van der Waals surface area contributed by atoms with Gasteiger partial charge in [0.2, 0.25) is 11.8 Å². The van der Waals surface area contributed by atoms with Crippen LogP contribution in [0.1, 0.15) is 108 Å². The van der Waals surface area contributed by atoms with Crippen LogP contribution < -0.4 is 10.6 Å². The molecule has 0 spiro atoms. The monoisotopic (exact) mass is 723 g/mol. The third-order valence-corrected chi connectivity index (χ3v) is 12.0. The first-order valence-electron chi connectivity index (χ1n) is 19.9. The van der Waals surface area contributed by atoms with Crippen LogP contribution in [0.4, 0.5) is 0 Å². The summed E-state index contributed by atoms with van der Waals surface area (Å²) in [6, 6.07) is 7.20. The Labute approximate surface area is 307 Å². The quantitative estimate of drug-likeness (QED) is 0.114. The molecule has 4 saturated heterocycles. The van der Waals surface area contributed by atoms with Gasteiger partial charge in [-0.25, -0.2) is 0 Å². The van der Waals surface area contributed by atoms with Crippen LogP contribution in [0.25, 0.3) is 6.08 Å². The number of nitrogens with one attached hydrogen (secondary N) is 2. The first kappa shape index (κ1) is 37.4. The zero-order valence-electron chi connectivity index (χ0n) is 30.8. The number of aliphatic hydroxyl groups is 1. The third kappa shape index (κ3) is 7.70. The number of amides is 2. The molecule has 2 amide bonds. The number of unbranched alkanes of at least 4 members (excludes halogenated alkanes) is 4. The number of hydrogen-bond acceptors (Lipinski definition) is 10. The molecular weight excluding hydrogens is 666 g/mol. The van der Waals surface area contributed by atoms with Crippen molar-refractivity contribution in [1.29, 1.82) is 0 Å². The highest BCUT2D eigenvalue weighted by molar-refractivity contribution is 5.93. The summed E-state index contributed by atoms with van der Waals surface area (Å²) in [6.45, 7) is 4.65. The van der Waals surface area contributed by atoms with E-state index in [0.717, 1.165) is 81.8 Å². The molecule has 2 saturated carbocycles. The largest absolute Gasteiger partial charge is 0.458 e. The Morgan fingerprint density at radius 1 is 0.942 bits per heavy atom. The third-order valence-electron chi connectivity index (χ3n) is 12.0. The van der Waals surface area contributed by atoms with E-state index < -0.39 is 47.6 Å². The second-order valence-electron chi connectivity index (χ2n) is 15.7. The molecule has 1 aromatic rings. The predicted molar refractivity (Wildman–Crippen MR) is 191 cm³/mol. The van der Waals surface area contributed by atoms with Crippen molar-refractivity contribution in [2.24, 2.45) is 11.3 Å². The molecule has 2 aliphatic carbocycles. The van der Waals surface area contributed by atoms with Crippen molar-refractivity contribution in [3.8, 4) is 0 Å². The van der Waals surface area contributed by atoms with Crippen LogP contribution >= 0.6 is 0 Å². The lowest BCUT2D eigenvalue weighted by Gasteiger charge is -2.48. The Hall–Kier alpha value is -2.87. The number of epoxide rings is 1. The van der Waals surface area contributed by atoms with Crippen molar-refractivity contribution in [2.45, 2.75) is 152 Å². The molecule has 12 nitrogen and oxygen atoms in total. The van der Waals surface area contributed by atoms with Gasteiger partial charge in [0.15, 0.2) is 11.8 Å². The Morgan fingerprint density at radius 3 is 2.40 bits per heavy atom. The number of aliphatic hydroxyl groups excluding tert-OH is 1. The lowest BCUT2D eigenvalue weighted by molar-refractivity contribution is -0.224. The summed E-state index contributed by atoms with van der Waals surface area (Å²) >= 11 is 0. The van der Waals surface area contributed by atoms with Gasteiger partial charge in [-0.05, 0) is 49.1 Å². The number of allylic oxidation sites excluding steroid dienone is 1. The number of benzene rings is 1. The molecule has 12 heteroatoms. The molecule has 6 aliphatic rings. The number of hydrogen-bond donors (Lipinski definition) is 3. The number of fused-ring (bicyclic) bond motifs is 5. The fraction of sp³-hybridized carbons (Fsp3) is 0.725. The van der Waals surface area contributed by atoms with Crippen LogP contribution in [0, 0.1) is 11.3 Å². The summed E-state index contributed by atoms with van der Waals surface area (Å²) in [5.74, 6) is -1.46. The van der Waals surface area contributed by atoms with Gasteiger partial charge < -0.3 is 34.7 Å². The lowest BCUT2D eigenvalue weighted by atomic mass is 9.62. The first-order valence-corrected chi connectivity index (χ1v) is 19.9. The smallest absolute Gasteiger partial charge is 0.327 e. The fourth-order valence-electron chi connectivity index (χ4n) is 9.21. The molecule has 4 aliphatic heterocycles. The molecule has 0 radical (unpaired) electrons. The van der Waals surface area contributed by atoms with E-state index in [-0.39, 0.29) is 50.9 Å². The van der Waals surface area contributed by atoms with E-state index in [4.69, 9.17) is 28.9 Å². The van der Waals surface area contributed by atoms with Crippen LogP contribution in [0.5, 0.6) is 0 Å². The topological polar surface area (TPSA) is 148 Å². The highest BCUT2D eigenvalue weighted by Gasteiger charge is 2.76. The van der Waals surface area contributed by atoms with E-state index in [1.165, 1.54) is 0 Å². The normalized spacial score (nSPS) is 34.1. The van der Waals surface area contributed by atoms with Crippen molar-refractivity contribution in [3.63, 3.8) is 0 Å². The maximum absolute atomic E-state index is 14.5. The lowest BCUT2D eigenvalue weighted by Crippen LogP contribution is -2.69. The summed E-state index contributed by atoms with van der Waals surface area (Å²) in [6.07, 6.45) is 14.0. The maximum Gasteiger partial charge on any atom is 0.327 e. The predicted octanol–water partition coefficient (Wildman–Crippen LogP) is 4.32. The second kappa shape index (κ2) is 16.2. The van der Waals surface area contributed by atoms with Crippen molar-refractivity contribution >= 4 is 23.9 Å². The van der Waals surface area contributed by atoms with Gasteiger partial charge >= 0.3 is 5.97 Å². The minimum absolute atomic E-state index is 0.0374. The molecule has 3 unspecified atom stereocenters. The number of carbonyl (C=O) groups excluding carboxylic acids is 3. The number of ether oxygens (including phenoxy) is 4. The summed E-state index contributed by atoms with van der Waals surface area (Å²) in [5, 5.41) is 16.3. The van der Waals surface area contributed by atoms with Gasteiger partial charge in [0.25, 0.3) is 0 Å². The highest BCUT2D eigenvalue weighted by Crippen LogP contribution is 2.58. The van der Waals surface area contributed by atoms with E-state index >= 15 is 0 Å². The average molecular weight is 724 g/mol. The first-order chi connectivity index (χ1) is 25.3. The molecule has 52 heavy (non-hydrogen) atoms. The van der Waals surface area contributed by atoms with Crippen molar-refractivity contribution in [2.75, 3.05) is 19.7 Å². The average Bonchev–Trinajstić information content (AvgIpc) is 3.69. The Morgan fingerprint density at radius 2 is 1.69 bits per heavy atom. The SMILES string of the molecule is CCCCCC1(CCCCC)O[C@@H]2[C@H](O1)[C@H]1ON(Cc3ccc(C=CC4CCC5OC5C4)cc3)[C@H]3C(=O)O[C@@H]2C[C@@]13C(=O)NCCC(=O)NCCO. The molecule has 6 fully saturated rings. The zero-order valence-corrected chi connectivity index (χ0v) is 30.8. The standard InChI is InChI=1S/C40H57N3O9/c1-3-5-7-18-39(19-8-6-4-2)50-33-31-24-40(38(47)42-20-17-32(45)41-21-22-44)35(37(46)49-31)43(52-36(40)34(33)51-39)25-28-13-10-26(11-14-28)9-12-27-15-16-29-30(23-27)48-29/h9-14,27,29-31,33-36,44H,3-8,15-25H2,1-2H3,(H,41,45)(H,42,47)/t27?,29?,30?,31-,33+,34+,35+,36-,40+/m1/s1. The van der Waals surface area contributed by atoms with Crippen molar-refractivity contribution in [1.82, 2.24) is 15.7 Å². The van der Waals surface area contributed by atoms with Crippen LogP contribution in [-0.4, -0.2) is 96.1 Å². The van der Waals surface area contributed by atoms with E-state index in [9.17, 15) is 14.4 Å². The van der Waals surface area contributed by atoms with Crippen LogP contribution in [0.3, 0.4) is 0 Å². The summed E-state index contributed by atoms with van der Waals surface area (Å²) < 4.78 is 25.6. The van der Waals surface area contributed by atoms with Crippen molar-refractivity contribution < 1.29 is 43.3 Å². The molecule has 2 bridgehead atoms. The van der Waals surface area contributed by atoms with Gasteiger partial charge in [0.05, 0.1) is 25.4 Å². The Kier molecular flexibility index (Phi) is 11.7. The van der Waals surface area contributed by atoms with Gasteiger partial charge in [-0.3, -0.25) is 19.2 Å². The minimum atomic E-state index is -1.30. The van der Waals surface area contributed by atoms with Gasteiger partial charge in [-0.1, -0.05) is 75.9 Å². The molecule has 7 rings (SSSR count). The van der Waals surface area contributed by atoms with Gasteiger partial charge in [0.1, 0.15) is 29.8 Å². The van der Waals surface area contributed by atoms with Crippen LogP contribution in [0.15, 0.2) is 30.3 Å². The number of carbonyl (C=O) groups is 3. The van der Waals surface area contributed by atoms with Gasteiger partial charge in [-0.2, -0.15) is 5.06 Å². The minimum Gasteiger partial charge on any atom is -0.458 e. The molecule has 286 valence electrons. The number of hydroxylamine groups is 2. The Bertz CT molecular complexity index is 1440. The summed E-state index contributed by atoms with van der Waals surface area (Å²) in [5.41, 5.74) is 0.726. The highest BCUT2D eigenvalue weighted by atomic mass is 16.8. The van der Waals surface area contributed by atoms with E-state index in [1.54, 1.807) is 5.06 Å². The van der Waals surface area contributed by atoms with E-state index in [2.05, 4.69) is 48.8 Å². The molecule has 1 aromatic carbocycles. The van der Waals surface area contributed by atoms with Crippen molar-refractivity contribution in [3.05, 3.63) is 41.5 Å². The molecule has 3 N–H and O–H groups in total. The van der Waals surface area contributed by atoms with E-state index in [0.29, 0.717) is 18.1 Å². The summed E-state index contributed by atoms with van der Waals surface area (Å²) in [4.78, 5) is 47.5. The fourth-order valence-corrected chi connectivity index (χ4v) is 9.21. The maximum atomic E-state index is 14.5. The molecule has 4 heterocycles. The second-order valence-corrected chi connectivity index (χ2v) is 15.7. The number of esters is 1. The number of rotatable bonds is 18. The Balaban J connectivity index is 1.12. The molecule has 9 atom stereocenters. The number of nitrogens with zero attached hydrogens (tertiary/aromatic N) is 1. The zero-order chi connectivity index (χ0) is 36.3.